The van der Waals surface area contributed by atoms with Gasteiger partial charge in [-0.15, -0.1) is 0 Å². The fourth-order valence-corrected chi connectivity index (χ4v) is 3.27. The van der Waals surface area contributed by atoms with Crippen LogP contribution in [0, 0.1) is 5.92 Å². The smallest absolute Gasteiger partial charge is 0.226 e. The van der Waals surface area contributed by atoms with Gasteiger partial charge in [0.05, 0.1) is 6.04 Å². The van der Waals surface area contributed by atoms with Crippen molar-refractivity contribution in [2.24, 2.45) is 5.92 Å². The first-order valence-electron chi connectivity index (χ1n) is 7.63. The van der Waals surface area contributed by atoms with Gasteiger partial charge in [0, 0.05) is 24.9 Å². The van der Waals surface area contributed by atoms with Crippen molar-refractivity contribution >= 4 is 5.91 Å². The molecule has 2 heterocycles. The Morgan fingerprint density at radius 3 is 2.76 bits per heavy atom. The minimum atomic E-state index is 0.0248. The lowest BCUT2D eigenvalue weighted by molar-refractivity contribution is -0.134. The molecule has 1 aliphatic heterocycles. The van der Waals surface area contributed by atoms with Crippen molar-refractivity contribution < 1.29 is 4.79 Å². The molecule has 106 valence electrons. The van der Waals surface area contributed by atoms with Gasteiger partial charge in [-0.25, -0.2) is 0 Å². The molecule has 0 N–H and O–H groups in total. The van der Waals surface area contributed by atoms with E-state index < -0.39 is 0 Å². The average molecular weight is 278 g/mol. The highest BCUT2D eigenvalue weighted by atomic mass is 16.2. The zero-order chi connectivity index (χ0) is 14.2. The summed E-state index contributed by atoms with van der Waals surface area (Å²) in [5.41, 5.74) is 3.72. The fraction of sp³-hybridized carbons (Fsp3) is 0.333. The molecule has 3 heteroatoms. The van der Waals surface area contributed by atoms with Crippen LogP contribution in [0.4, 0.5) is 0 Å². The lowest BCUT2D eigenvalue weighted by atomic mass is 9.88. The molecule has 4 rings (SSSR count). The molecule has 2 aromatic rings. The minimum absolute atomic E-state index is 0.0248. The molecule has 1 aliphatic carbocycles. The number of carbonyl (C=O) groups excluding carboxylic acids is 1. The Kier molecular flexibility index (Phi) is 2.99. The largest absolute Gasteiger partial charge is 0.331 e. The Labute approximate surface area is 124 Å². The first-order chi connectivity index (χ1) is 10.3. The summed E-state index contributed by atoms with van der Waals surface area (Å²) in [5, 5.41) is 0. The number of hydrogen-bond donors (Lipinski definition) is 0. The molecule has 0 spiro atoms. The summed E-state index contributed by atoms with van der Waals surface area (Å²) >= 11 is 0. The predicted molar refractivity (Wildman–Crippen MR) is 80.7 cm³/mol. The molecule has 1 unspecified atom stereocenters. The highest BCUT2D eigenvalue weighted by Gasteiger charge is 2.39. The van der Waals surface area contributed by atoms with Crippen LogP contribution in [0.3, 0.4) is 0 Å². The molecular weight excluding hydrogens is 260 g/mol. The van der Waals surface area contributed by atoms with Crippen molar-refractivity contribution in [3.05, 3.63) is 65.5 Å². The van der Waals surface area contributed by atoms with Crippen LogP contribution in [0.5, 0.6) is 0 Å². The van der Waals surface area contributed by atoms with Crippen LogP contribution in [0.25, 0.3) is 0 Å². The Bertz CT molecular complexity index is 664. The van der Waals surface area contributed by atoms with Crippen molar-refractivity contribution in [2.75, 3.05) is 6.54 Å². The molecule has 0 radical (unpaired) electrons. The van der Waals surface area contributed by atoms with Crippen LogP contribution in [0.2, 0.25) is 0 Å². The van der Waals surface area contributed by atoms with E-state index in [2.05, 4.69) is 40.2 Å². The van der Waals surface area contributed by atoms with Gasteiger partial charge < -0.3 is 4.90 Å². The van der Waals surface area contributed by atoms with Crippen LogP contribution in [-0.4, -0.2) is 22.3 Å². The predicted octanol–water partition coefficient (Wildman–Crippen LogP) is 2.97. The van der Waals surface area contributed by atoms with Crippen LogP contribution >= 0.6 is 0 Å². The van der Waals surface area contributed by atoms with Gasteiger partial charge >= 0.3 is 0 Å². The number of nitrogens with zero attached hydrogens (tertiary/aromatic N) is 2. The summed E-state index contributed by atoms with van der Waals surface area (Å²) in [7, 11) is 0. The Hall–Kier alpha value is -2.16. The third-order valence-corrected chi connectivity index (χ3v) is 4.49. The van der Waals surface area contributed by atoms with Gasteiger partial charge in [0.25, 0.3) is 0 Å². The van der Waals surface area contributed by atoms with Gasteiger partial charge in [-0.05, 0) is 42.0 Å². The second kappa shape index (κ2) is 4.99. The van der Waals surface area contributed by atoms with Gasteiger partial charge in [0.1, 0.15) is 0 Å². The van der Waals surface area contributed by atoms with Gasteiger partial charge in [-0.2, -0.15) is 0 Å². The molecule has 1 amide bonds. The molecule has 1 aromatic carbocycles. The maximum Gasteiger partial charge on any atom is 0.226 e. The third kappa shape index (κ3) is 2.23. The van der Waals surface area contributed by atoms with Crippen molar-refractivity contribution in [1.82, 2.24) is 9.88 Å². The molecule has 1 aromatic heterocycles. The van der Waals surface area contributed by atoms with E-state index in [1.165, 1.54) is 11.1 Å². The summed E-state index contributed by atoms with van der Waals surface area (Å²) in [6.07, 6.45) is 6.73. The van der Waals surface area contributed by atoms with Crippen molar-refractivity contribution in [2.45, 2.75) is 25.3 Å². The monoisotopic (exact) mass is 278 g/mol. The number of fused-ring (bicyclic) bond motifs is 1. The zero-order valence-corrected chi connectivity index (χ0v) is 11.9. The highest BCUT2D eigenvalue weighted by molar-refractivity contribution is 5.82. The standard InChI is InChI=1S/C18H18N2O/c21-18(14-7-8-14)20-11-9-13-4-1-2-6-16(13)17(20)15-5-3-10-19-12-15/h1-6,10,12,14,17H,7-9,11H2. The van der Waals surface area contributed by atoms with E-state index in [0.29, 0.717) is 5.91 Å². The maximum atomic E-state index is 12.7. The summed E-state index contributed by atoms with van der Waals surface area (Å²) in [6, 6.07) is 12.5. The van der Waals surface area contributed by atoms with Crippen molar-refractivity contribution in [3.8, 4) is 0 Å². The molecule has 2 aliphatic rings. The number of carbonyl (C=O) groups is 1. The molecule has 3 nitrogen and oxygen atoms in total. The summed E-state index contributed by atoms with van der Waals surface area (Å²) in [6.45, 7) is 0.811. The summed E-state index contributed by atoms with van der Waals surface area (Å²) in [5.74, 6) is 0.577. The normalized spacial score (nSPS) is 21.0. The number of rotatable bonds is 2. The third-order valence-electron chi connectivity index (χ3n) is 4.49. The van der Waals surface area contributed by atoms with E-state index in [9.17, 15) is 4.79 Å². The van der Waals surface area contributed by atoms with E-state index in [-0.39, 0.29) is 12.0 Å². The van der Waals surface area contributed by atoms with Crippen molar-refractivity contribution in [3.63, 3.8) is 0 Å². The van der Waals surface area contributed by atoms with E-state index in [0.717, 1.165) is 31.4 Å². The van der Waals surface area contributed by atoms with Gasteiger partial charge in [0.15, 0.2) is 0 Å². The van der Waals surface area contributed by atoms with Crippen LogP contribution in [0.15, 0.2) is 48.8 Å². The van der Waals surface area contributed by atoms with E-state index in [4.69, 9.17) is 0 Å². The molecule has 0 saturated heterocycles. The molecule has 1 atom stereocenters. The van der Waals surface area contributed by atoms with E-state index >= 15 is 0 Å². The first-order valence-corrected chi connectivity index (χ1v) is 7.63. The number of benzene rings is 1. The van der Waals surface area contributed by atoms with E-state index in [1.807, 2.05) is 12.3 Å². The van der Waals surface area contributed by atoms with Gasteiger partial charge in [-0.3, -0.25) is 9.78 Å². The maximum absolute atomic E-state index is 12.7. The lowest BCUT2D eigenvalue weighted by Gasteiger charge is -2.37. The van der Waals surface area contributed by atoms with Gasteiger partial charge in [-0.1, -0.05) is 30.3 Å². The first kappa shape index (κ1) is 12.6. The molecule has 1 fully saturated rings. The highest BCUT2D eigenvalue weighted by Crippen LogP contribution is 2.39. The van der Waals surface area contributed by atoms with Gasteiger partial charge in [0.2, 0.25) is 5.91 Å². The zero-order valence-electron chi connectivity index (χ0n) is 11.9. The lowest BCUT2D eigenvalue weighted by Crippen LogP contribution is -2.41. The topological polar surface area (TPSA) is 33.2 Å². The molecular formula is C18H18N2O. The Balaban J connectivity index is 1.80. The molecule has 0 bridgehead atoms. The molecule has 21 heavy (non-hydrogen) atoms. The minimum Gasteiger partial charge on any atom is -0.331 e. The fourth-order valence-electron chi connectivity index (χ4n) is 3.27. The molecule has 1 saturated carbocycles. The second-order valence-corrected chi connectivity index (χ2v) is 5.94. The summed E-state index contributed by atoms with van der Waals surface area (Å²) < 4.78 is 0. The van der Waals surface area contributed by atoms with Crippen molar-refractivity contribution in [1.29, 1.82) is 0 Å². The Morgan fingerprint density at radius 1 is 1.14 bits per heavy atom. The SMILES string of the molecule is O=C(C1CC1)N1CCc2ccccc2C1c1cccnc1. The quantitative estimate of drug-likeness (QED) is 0.846. The van der Waals surface area contributed by atoms with Crippen LogP contribution in [-0.2, 0) is 11.2 Å². The number of pyridine rings is 1. The number of amides is 1. The Morgan fingerprint density at radius 2 is 2.00 bits per heavy atom. The second-order valence-electron chi connectivity index (χ2n) is 5.94. The van der Waals surface area contributed by atoms with Crippen LogP contribution < -0.4 is 0 Å². The average Bonchev–Trinajstić information content (AvgIpc) is 3.39. The number of aromatic nitrogens is 1. The number of hydrogen-bond acceptors (Lipinski definition) is 2. The summed E-state index contributed by atoms with van der Waals surface area (Å²) in [4.78, 5) is 19.0. The van der Waals surface area contributed by atoms with E-state index in [1.54, 1.807) is 6.20 Å². The van der Waals surface area contributed by atoms with Crippen LogP contribution in [0.1, 0.15) is 35.6 Å².